The Balaban J connectivity index is 1.42. The van der Waals surface area contributed by atoms with Crippen LogP contribution in [0.2, 0.25) is 0 Å². The fourth-order valence-corrected chi connectivity index (χ4v) is 3.08. The molecule has 3 rings (SSSR count). The largest absolute Gasteiger partial charge is 0.484 e. The molecule has 2 aromatic carbocycles. The van der Waals surface area contributed by atoms with Crippen LogP contribution in [0.1, 0.15) is 30.9 Å². The van der Waals surface area contributed by atoms with E-state index in [1.54, 1.807) is 41.3 Å². The van der Waals surface area contributed by atoms with Crippen LogP contribution < -0.4 is 15.5 Å². The third kappa shape index (κ3) is 6.67. The van der Waals surface area contributed by atoms with Crippen molar-refractivity contribution in [3.05, 3.63) is 59.7 Å². The smallest absolute Gasteiger partial charge is 0.329 e. The highest BCUT2D eigenvalue weighted by Gasteiger charge is 2.18. The van der Waals surface area contributed by atoms with Gasteiger partial charge in [-0.05, 0) is 66.8 Å². The molecule has 0 aliphatic carbocycles. The number of aryl methyl sites for hydroxylation is 1. The van der Waals surface area contributed by atoms with E-state index >= 15 is 0 Å². The molecule has 8 nitrogen and oxygen atoms in total. The highest BCUT2D eigenvalue weighted by Crippen LogP contribution is 2.13. The maximum absolute atomic E-state index is 12.0. The quantitative estimate of drug-likeness (QED) is 0.406. The number of anilines is 1. The summed E-state index contributed by atoms with van der Waals surface area (Å²) in [5.41, 5.74) is 4.58. The average molecular weight is 422 g/mol. The van der Waals surface area contributed by atoms with E-state index in [2.05, 4.69) is 15.8 Å². The molecule has 0 atom stereocenters. The minimum absolute atomic E-state index is 0.00886. The summed E-state index contributed by atoms with van der Waals surface area (Å²) in [6.07, 6.45) is 4.40. The van der Waals surface area contributed by atoms with Gasteiger partial charge in [0.2, 0.25) is 0 Å². The number of hydrogen-bond donors (Lipinski definition) is 2. The Kier molecular flexibility index (Phi) is 7.75. The molecule has 3 amide bonds. The van der Waals surface area contributed by atoms with Crippen LogP contribution in [0.5, 0.6) is 5.75 Å². The van der Waals surface area contributed by atoms with Crippen molar-refractivity contribution >= 4 is 29.6 Å². The van der Waals surface area contributed by atoms with Crippen molar-refractivity contribution in [2.45, 2.75) is 26.2 Å². The van der Waals surface area contributed by atoms with Gasteiger partial charge in [-0.2, -0.15) is 5.10 Å². The van der Waals surface area contributed by atoms with Gasteiger partial charge in [-0.15, -0.1) is 0 Å². The van der Waals surface area contributed by atoms with Crippen LogP contribution in [-0.2, 0) is 20.8 Å². The molecule has 0 aromatic heterocycles. The summed E-state index contributed by atoms with van der Waals surface area (Å²) in [6.45, 7) is 3.65. The molecule has 162 valence electrons. The van der Waals surface area contributed by atoms with Crippen molar-refractivity contribution in [3.63, 3.8) is 0 Å². The second-order valence-corrected chi connectivity index (χ2v) is 7.15. The summed E-state index contributed by atoms with van der Waals surface area (Å²) in [5, 5.41) is 6.32. The number of carbonyl (C=O) groups is 3. The van der Waals surface area contributed by atoms with Crippen LogP contribution >= 0.6 is 0 Å². The van der Waals surface area contributed by atoms with Gasteiger partial charge < -0.3 is 15.0 Å². The second kappa shape index (κ2) is 10.9. The van der Waals surface area contributed by atoms with Crippen LogP contribution in [0.25, 0.3) is 0 Å². The van der Waals surface area contributed by atoms with E-state index in [-0.39, 0.29) is 12.5 Å². The normalized spacial score (nSPS) is 13.3. The number of nitrogens with one attached hydrogen (secondary N) is 2. The molecule has 1 saturated heterocycles. The Labute approximate surface area is 181 Å². The standard InChI is InChI=1S/C23H26N4O4/c1-2-17-5-9-19(10-6-17)25-22(29)23(30)26-24-15-18-7-11-20(12-8-18)31-16-21(28)27-13-3-4-14-27/h5-12,15H,2-4,13-14,16H2,1H3,(H,25,29)(H,26,30)/b24-15-. The number of hydrogen-bond acceptors (Lipinski definition) is 5. The van der Waals surface area contributed by atoms with Gasteiger partial charge in [0.25, 0.3) is 5.91 Å². The number of nitrogens with zero attached hydrogens (tertiary/aromatic N) is 2. The average Bonchev–Trinajstić information content (AvgIpc) is 3.34. The van der Waals surface area contributed by atoms with Gasteiger partial charge in [0, 0.05) is 18.8 Å². The van der Waals surface area contributed by atoms with Crippen molar-refractivity contribution in [1.82, 2.24) is 10.3 Å². The first-order valence-corrected chi connectivity index (χ1v) is 10.3. The number of rotatable bonds is 7. The molecule has 0 unspecified atom stereocenters. The van der Waals surface area contributed by atoms with E-state index < -0.39 is 11.8 Å². The van der Waals surface area contributed by atoms with E-state index in [0.29, 0.717) is 17.0 Å². The van der Waals surface area contributed by atoms with Gasteiger partial charge in [-0.1, -0.05) is 19.1 Å². The highest BCUT2D eigenvalue weighted by molar-refractivity contribution is 6.39. The zero-order valence-corrected chi connectivity index (χ0v) is 17.5. The van der Waals surface area contributed by atoms with E-state index in [0.717, 1.165) is 37.9 Å². The Morgan fingerprint density at radius 3 is 2.32 bits per heavy atom. The zero-order valence-electron chi connectivity index (χ0n) is 17.5. The van der Waals surface area contributed by atoms with Crippen LogP contribution in [0.4, 0.5) is 5.69 Å². The maximum Gasteiger partial charge on any atom is 0.329 e. The van der Waals surface area contributed by atoms with Gasteiger partial charge in [0.1, 0.15) is 5.75 Å². The fourth-order valence-electron chi connectivity index (χ4n) is 3.08. The summed E-state index contributed by atoms with van der Waals surface area (Å²) < 4.78 is 5.52. The zero-order chi connectivity index (χ0) is 22.1. The number of carbonyl (C=O) groups excluding carboxylic acids is 3. The maximum atomic E-state index is 12.0. The monoisotopic (exact) mass is 422 g/mol. The highest BCUT2D eigenvalue weighted by atomic mass is 16.5. The summed E-state index contributed by atoms with van der Waals surface area (Å²) in [5.74, 6) is -1.10. The summed E-state index contributed by atoms with van der Waals surface area (Å²) in [4.78, 5) is 37.6. The number of ether oxygens (including phenoxy) is 1. The molecule has 0 spiro atoms. The lowest BCUT2D eigenvalue weighted by Gasteiger charge is -2.15. The molecule has 1 aliphatic heterocycles. The van der Waals surface area contributed by atoms with Crippen molar-refractivity contribution in [2.75, 3.05) is 25.0 Å². The molecule has 1 fully saturated rings. The lowest BCUT2D eigenvalue weighted by molar-refractivity contribution is -0.136. The topological polar surface area (TPSA) is 100 Å². The molecular formula is C23H26N4O4. The Bertz CT molecular complexity index is 933. The van der Waals surface area contributed by atoms with Crippen molar-refractivity contribution in [1.29, 1.82) is 0 Å². The lowest BCUT2D eigenvalue weighted by Crippen LogP contribution is -2.32. The Hall–Kier alpha value is -3.68. The molecular weight excluding hydrogens is 396 g/mol. The number of amides is 3. The van der Waals surface area contributed by atoms with Crippen LogP contribution in [-0.4, -0.2) is 48.5 Å². The summed E-state index contributed by atoms with van der Waals surface area (Å²) in [6, 6.07) is 14.2. The van der Waals surface area contributed by atoms with Crippen LogP contribution in [0, 0.1) is 0 Å². The first kappa shape index (κ1) is 22.0. The van der Waals surface area contributed by atoms with Crippen molar-refractivity contribution in [3.8, 4) is 5.75 Å². The van der Waals surface area contributed by atoms with Gasteiger partial charge in [-0.3, -0.25) is 14.4 Å². The van der Waals surface area contributed by atoms with E-state index in [1.807, 2.05) is 19.1 Å². The molecule has 2 N–H and O–H groups in total. The second-order valence-electron chi connectivity index (χ2n) is 7.15. The van der Waals surface area contributed by atoms with Crippen LogP contribution in [0.15, 0.2) is 53.6 Å². The van der Waals surface area contributed by atoms with Gasteiger partial charge >= 0.3 is 11.8 Å². The lowest BCUT2D eigenvalue weighted by atomic mass is 10.1. The molecule has 2 aromatic rings. The minimum Gasteiger partial charge on any atom is -0.484 e. The van der Waals surface area contributed by atoms with Crippen molar-refractivity contribution < 1.29 is 19.1 Å². The summed E-state index contributed by atoms with van der Waals surface area (Å²) in [7, 11) is 0. The van der Waals surface area contributed by atoms with Gasteiger partial charge in [-0.25, -0.2) is 5.43 Å². The molecule has 0 bridgehead atoms. The molecule has 0 saturated carbocycles. The molecule has 1 aliphatic rings. The number of hydrazone groups is 1. The molecule has 0 radical (unpaired) electrons. The molecule has 1 heterocycles. The SMILES string of the molecule is CCc1ccc(NC(=O)C(=O)N/N=C\c2ccc(OCC(=O)N3CCCC3)cc2)cc1. The third-order valence-electron chi connectivity index (χ3n) is 4.91. The molecule has 31 heavy (non-hydrogen) atoms. The van der Waals surface area contributed by atoms with E-state index in [9.17, 15) is 14.4 Å². The predicted molar refractivity (Wildman–Crippen MR) is 118 cm³/mol. The van der Waals surface area contributed by atoms with E-state index in [4.69, 9.17) is 4.74 Å². The Morgan fingerprint density at radius 1 is 1.00 bits per heavy atom. The number of benzene rings is 2. The first-order valence-electron chi connectivity index (χ1n) is 10.3. The first-order chi connectivity index (χ1) is 15.0. The molecule has 8 heteroatoms. The van der Waals surface area contributed by atoms with Gasteiger partial charge in [0.05, 0.1) is 6.21 Å². The predicted octanol–water partition coefficient (Wildman–Crippen LogP) is 2.34. The van der Waals surface area contributed by atoms with Crippen molar-refractivity contribution in [2.24, 2.45) is 5.10 Å². The fraction of sp³-hybridized carbons (Fsp3) is 0.304. The van der Waals surface area contributed by atoms with E-state index in [1.165, 1.54) is 6.21 Å². The van der Waals surface area contributed by atoms with Gasteiger partial charge in [0.15, 0.2) is 6.61 Å². The number of likely N-dealkylation sites (tertiary alicyclic amines) is 1. The third-order valence-corrected chi connectivity index (χ3v) is 4.91. The Morgan fingerprint density at radius 2 is 1.68 bits per heavy atom. The summed E-state index contributed by atoms with van der Waals surface area (Å²) >= 11 is 0. The minimum atomic E-state index is -0.865. The van der Waals surface area contributed by atoms with Crippen LogP contribution in [0.3, 0.4) is 0 Å².